The lowest BCUT2D eigenvalue weighted by atomic mass is 10.0. The lowest BCUT2D eigenvalue weighted by molar-refractivity contribution is 0.0915. The summed E-state index contributed by atoms with van der Waals surface area (Å²) in [4.78, 5) is 21.3. The molecule has 0 radical (unpaired) electrons. The van der Waals surface area contributed by atoms with Crippen LogP contribution in [0.3, 0.4) is 0 Å². The number of nitrogens with zero attached hydrogens (tertiary/aromatic N) is 4. The van der Waals surface area contributed by atoms with Gasteiger partial charge in [0.2, 0.25) is 11.7 Å². The molecule has 136 valence electrons. The van der Waals surface area contributed by atoms with E-state index in [0.717, 1.165) is 10.8 Å². The fraction of sp³-hybridized carbons (Fsp3) is 0.211. The molecular formula is C19H18N6O2. The van der Waals surface area contributed by atoms with Crippen LogP contribution >= 0.6 is 0 Å². The first kappa shape index (κ1) is 16.9. The zero-order valence-corrected chi connectivity index (χ0v) is 14.9. The molecule has 0 saturated carbocycles. The molecule has 4 rings (SSSR count). The molecule has 0 fully saturated rings. The second-order valence-corrected chi connectivity index (χ2v) is 6.51. The minimum absolute atomic E-state index is 0.0481. The highest BCUT2D eigenvalue weighted by atomic mass is 16.5. The number of amides is 1. The zero-order valence-electron chi connectivity index (χ0n) is 14.9. The maximum atomic E-state index is 13.0. The van der Waals surface area contributed by atoms with E-state index in [4.69, 9.17) is 4.52 Å². The fourth-order valence-corrected chi connectivity index (χ4v) is 2.93. The Bertz CT molecular complexity index is 1070. The number of rotatable bonds is 5. The third-order valence-corrected chi connectivity index (χ3v) is 4.32. The number of aromatic nitrogens is 5. The summed E-state index contributed by atoms with van der Waals surface area (Å²) >= 11 is 0. The van der Waals surface area contributed by atoms with E-state index in [2.05, 4.69) is 30.6 Å². The highest BCUT2D eigenvalue weighted by Gasteiger charge is 2.26. The summed E-state index contributed by atoms with van der Waals surface area (Å²) in [7, 11) is 0. The van der Waals surface area contributed by atoms with Crippen LogP contribution in [0, 0.1) is 5.92 Å². The Kier molecular flexibility index (Phi) is 4.37. The largest absolute Gasteiger partial charge is 0.340 e. The highest BCUT2D eigenvalue weighted by Crippen LogP contribution is 2.24. The van der Waals surface area contributed by atoms with Crippen molar-refractivity contribution in [2.75, 3.05) is 0 Å². The second kappa shape index (κ2) is 6.99. The second-order valence-electron chi connectivity index (χ2n) is 6.51. The Hall–Kier alpha value is -3.55. The van der Waals surface area contributed by atoms with Crippen LogP contribution in [0.15, 0.2) is 53.3 Å². The minimum atomic E-state index is -0.430. The molecule has 2 heterocycles. The van der Waals surface area contributed by atoms with E-state index in [0.29, 0.717) is 23.1 Å². The smallest absolute Gasteiger partial charge is 0.252 e. The van der Waals surface area contributed by atoms with Crippen molar-refractivity contribution in [2.24, 2.45) is 5.92 Å². The van der Waals surface area contributed by atoms with Crippen LogP contribution in [-0.4, -0.2) is 31.2 Å². The lowest BCUT2D eigenvalue weighted by Crippen LogP contribution is -2.32. The van der Waals surface area contributed by atoms with Crippen LogP contribution in [0.1, 0.15) is 36.1 Å². The van der Waals surface area contributed by atoms with Crippen molar-refractivity contribution in [1.29, 1.82) is 0 Å². The van der Waals surface area contributed by atoms with E-state index in [1.165, 1.54) is 6.33 Å². The molecule has 2 aromatic heterocycles. The van der Waals surface area contributed by atoms with Gasteiger partial charge in [-0.05, 0) is 22.8 Å². The summed E-state index contributed by atoms with van der Waals surface area (Å²) in [6, 6.07) is 13.0. The first-order chi connectivity index (χ1) is 13.1. The Labute approximate surface area is 155 Å². The molecule has 8 nitrogen and oxygen atoms in total. The minimum Gasteiger partial charge on any atom is -0.340 e. The zero-order chi connectivity index (χ0) is 18.8. The van der Waals surface area contributed by atoms with Crippen LogP contribution in [0.5, 0.6) is 0 Å². The Morgan fingerprint density at radius 3 is 2.74 bits per heavy atom. The maximum absolute atomic E-state index is 13.0. The van der Waals surface area contributed by atoms with E-state index in [-0.39, 0.29) is 11.8 Å². The van der Waals surface area contributed by atoms with Gasteiger partial charge in [0, 0.05) is 5.56 Å². The molecule has 0 aliphatic rings. The van der Waals surface area contributed by atoms with Gasteiger partial charge in [-0.3, -0.25) is 9.89 Å². The average Bonchev–Trinajstić information content (AvgIpc) is 3.36. The summed E-state index contributed by atoms with van der Waals surface area (Å²) < 4.78 is 5.37. The molecule has 0 bridgehead atoms. The van der Waals surface area contributed by atoms with Crippen LogP contribution in [0.25, 0.3) is 22.4 Å². The van der Waals surface area contributed by atoms with Gasteiger partial charge >= 0.3 is 0 Å². The number of carbonyl (C=O) groups is 1. The molecule has 1 atom stereocenters. The number of benzene rings is 2. The van der Waals surface area contributed by atoms with Gasteiger partial charge in [0.1, 0.15) is 12.4 Å². The molecule has 8 heteroatoms. The number of carbonyl (C=O) groups excluding carboxylic acids is 1. The summed E-state index contributed by atoms with van der Waals surface area (Å²) in [5.74, 6) is 0.891. The molecule has 0 aliphatic carbocycles. The van der Waals surface area contributed by atoms with Crippen molar-refractivity contribution in [3.63, 3.8) is 0 Å². The van der Waals surface area contributed by atoms with Crippen LogP contribution < -0.4 is 5.32 Å². The summed E-state index contributed by atoms with van der Waals surface area (Å²) in [5.41, 5.74) is 0.605. The van der Waals surface area contributed by atoms with Crippen LogP contribution in [0.4, 0.5) is 0 Å². The predicted molar refractivity (Wildman–Crippen MR) is 98.7 cm³/mol. The topological polar surface area (TPSA) is 110 Å². The van der Waals surface area contributed by atoms with Crippen LogP contribution in [-0.2, 0) is 0 Å². The van der Waals surface area contributed by atoms with Crippen molar-refractivity contribution < 1.29 is 9.32 Å². The lowest BCUT2D eigenvalue weighted by Gasteiger charge is -2.19. The third-order valence-electron chi connectivity index (χ3n) is 4.32. The Morgan fingerprint density at radius 2 is 1.96 bits per heavy atom. The first-order valence-electron chi connectivity index (χ1n) is 8.61. The van der Waals surface area contributed by atoms with Crippen molar-refractivity contribution >= 4 is 16.7 Å². The summed E-state index contributed by atoms with van der Waals surface area (Å²) in [6.45, 7) is 3.96. The van der Waals surface area contributed by atoms with Gasteiger partial charge in [-0.25, -0.2) is 4.98 Å². The highest BCUT2D eigenvalue weighted by molar-refractivity contribution is 6.07. The van der Waals surface area contributed by atoms with E-state index >= 15 is 0 Å². The SMILES string of the molecule is CC(C)[C@@H](NC(=O)c1cccc2ccccc12)c1nc(-c2ncn[nH]2)no1. The van der Waals surface area contributed by atoms with E-state index in [1.54, 1.807) is 0 Å². The number of hydrogen-bond donors (Lipinski definition) is 2. The van der Waals surface area contributed by atoms with Gasteiger partial charge in [-0.2, -0.15) is 10.1 Å². The fourth-order valence-electron chi connectivity index (χ4n) is 2.93. The molecule has 2 aromatic carbocycles. The maximum Gasteiger partial charge on any atom is 0.252 e. The van der Waals surface area contributed by atoms with Crippen molar-refractivity contribution in [3.8, 4) is 11.6 Å². The number of nitrogens with one attached hydrogen (secondary N) is 2. The third kappa shape index (κ3) is 3.29. The van der Waals surface area contributed by atoms with Gasteiger partial charge in [-0.1, -0.05) is 55.4 Å². The number of H-pyrrole nitrogens is 1. The molecule has 1 amide bonds. The normalized spacial score (nSPS) is 12.4. The number of fused-ring (bicyclic) bond motifs is 1. The quantitative estimate of drug-likeness (QED) is 0.564. The van der Waals surface area contributed by atoms with Gasteiger partial charge in [0.05, 0.1) is 0 Å². The number of aromatic amines is 1. The molecule has 0 saturated heterocycles. The number of hydrogen-bond acceptors (Lipinski definition) is 6. The summed E-state index contributed by atoms with van der Waals surface area (Å²) in [6.07, 6.45) is 1.37. The van der Waals surface area contributed by atoms with Gasteiger partial charge in [0.25, 0.3) is 5.91 Å². The van der Waals surface area contributed by atoms with Crippen LogP contribution in [0.2, 0.25) is 0 Å². The molecular weight excluding hydrogens is 344 g/mol. The van der Waals surface area contributed by atoms with Gasteiger partial charge in [-0.15, -0.1) is 0 Å². The van der Waals surface area contributed by atoms with E-state index in [9.17, 15) is 4.79 Å². The van der Waals surface area contributed by atoms with Gasteiger partial charge in [0.15, 0.2) is 5.82 Å². The monoisotopic (exact) mass is 362 g/mol. The molecule has 4 aromatic rings. The average molecular weight is 362 g/mol. The molecule has 27 heavy (non-hydrogen) atoms. The predicted octanol–water partition coefficient (Wildman–Crippen LogP) is 3.14. The summed E-state index contributed by atoms with van der Waals surface area (Å²) in [5, 5.41) is 15.3. The van der Waals surface area contributed by atoms with Gasteiger partial charge < -0.3 is 9.84 Å². The Morgan fingerprint density at radius 1 is 1.15 bits per heavy atom. The standard InChI is InChI=1S/C19H18N6O2/c1-11(2)15(19-23-17(25-27-19)16-20-10-21-24-16)22-18(26)14-9-5-7-12-6-3-4-8-13(12)14/h3-11,15H,1-2H3,(H,22,26)(H,20,21,24)/t15-/m1/s1. The molecule has 0 aliphatic heterocycles. The molecule has 0 spiro atoms. The first-order valence-corrected chi connectivity index (χ1v) is 8.61. The molecule has 2 N–H and O–H groups in total. The molecule has 0 unspecified atom stereocenters. The van der Waals surface area contributed by atoms with E-state index in [1.807, 2.05) is 56.3 Å². The van der Waals surface area contributed by atoms with E-state index < -0.39 is 6.04 Å². The Balaban J connectivity index is 1.63. The van der Waals surface area contributed by atoms with Crippen molar-refractivity contribution in [1.82, 2.24) is 30.6 Å². The van der Waals surface area contributed by atoms with Crippen molar-refractivity contribution in [3.05, 3.63) is 60.2 Å². The van der Waals surface area contributed by atoms with Crippen molar-refractivity contribution in [2.45, 2.75) is 19.9 Å².